The molecular formula is C10H14F3NO2. The SMILES string of the molecule is N#CC1(CCOCC(F)(F)F)CCOCC1. The lowest BCUT2D eigenvalue weighted by atomic mass is 9.79. The predicted octanol–water partition coefficient (Wildman–Crippen LogP) is 2.28. The van der Waals surface area contributed by atoms with Crippen LogP contribution in [-0.2, 0) is 9.47 Å². The zero-order valence-corrected chi connectivity index (χ0v) is 8.85. The molecule has 6 heteroatoms. The smallest absolute Gasteiger partial charge is 0.381 e. The minimum absolute atomic E-state index is 0.0347. The highest BCUT2D eigenvalue weighted by molar-refractivity contribution is 4.99. The second kappa shape index (κ2) is 5.51. The molecule has 0 saturated carbocycles. The average Bonchev–Trinajstić information content (AvgIpc) is 2.25. The average molecular weight is 237 g/mol. The third kappa shape index (κ3) is 4.37. The van der Waals surface area contributed by atoms with Crippen LogP contribution < -0.4 is 0 Å². The van der Waals surface area contributed by atoms with Gasteiger partial charge in [-0.1, -0.05) is 0 Å². The van der Waals surface area contributed by atoms with E-state index in [2.05, 4.69) is 10.8 Å². The van der Waals surface area contributed by atoms with Gasteiger partial charge in [-0.3, -0.25) is 0 Å². The molecule has 0 bridgehead atoms. The van der Waals surface area contributed by atoms with Gasteiger partial charge in [0.15, 0.2) is 0 Å². The van der Waals surface area contributed by atoms with E-state index in [0.29, 0.717) is 32.5 Å². The Labute approximate surface area is 92.1 Å². The first kappa shape index (κ1) is 13.3. The number of hydrogen-bond donors (Lipinski definition) is 0. The number of rotatable bonds is 4. The van der Waals surface area contributed by atoms with Crippen molar-refractivity contribution < 1.29 is 22.6 Å². The molecule has 0 unspecified atom stereocenters. The topological polar surface area (TPSA) is 42.2 Å². The fourth-order valence-electron chi connectivity index (χ4n) is 1.64. The van der Waals surface area contributed by atoms with Crippen molar-refractivity contribution in [2.75, 3.05) is 26.4 Å². The van der Waals surface area contributed by atoms with Crippen LogP contribution in [0.1, 0.15) is 19.3 Å². The zero-order valence-electron chi connectivity index (χ0n) is 8.85. The predicted molar refractivity (Wildman–Crippen MR) is 49.6 cm³/mol. The van der Waals surface area contributed by atoms with E-state index in [-0.39, 0.29) is 6.61 Å². The Morgan fingerprint density at radius 1 is 1.31 bits per heavy atom. The van der Waals surface area contributed by atoms with Crippen LogP contribution in [0.2, 0.25) is 0 Å². The van der Waals surface area contributed by atoms with Gasteiger partial charge >= 0.3 is 6.18 Å². The van der Waals surface area contributed by atoms with Crippen molar-refractivity contribution in [3.63, 3.8) is 0 Å². The zero-order chi connectivity index (χ0) is 12.1. The van der Waals surface area contributed by atoms with Crippen LogP contribution in [-0.4, -0.2) is 32.6 Å². The highest BCUT2D eigenvalue weighted by Crippen LogP contribution is 2.33. The number of hydrogen-bond acceptors (Lipinski definition) is 3. The molecule has 1 aliphatic rings. The molecule has 0 N–H and O–H groups in total. The maximum Gasteiger partial charge on any atom is 0.411 e. The molecule has 92 valence electrons. The normalized spacial score (nSPS) is 20.4. The van der Waals surface area contributed by atoms with Crippen LogP contribution in [0.15, 0.2) is 0 Å². The molecule has 1 heterocycles. The molecule has 1 rings (SSSR count). The van der Waals surface area contributed by atoms with E-state index < -0.39 is 18.2 Å². The summed E-state index contributed by atoms with van der Waals surface area (Å²) in [6, 6.07) is 2.17. The first-order chi connectivity index (χ1) is 7.47. The number of ether oxygens (including phenoxy) is 2. The molecule has 16 heavy (non-hydrogen) atoms. The number of nitrogens with zero attached hydrogens (tertiary/aromatic N) is 1. The Morgan fingerprint density at radius 3 is 2.44 bits per heavy atom. The minimum Gasteiger partial charge on any atom is -0.381 e. The Kier molecular flexibility index (Phi) is 4.56. The number of alkyl halides is 3. The molecule has 1 fully saturated rings. The van der Waals surface area contributed by atoms with Crippen molar-refractivity contribution >= 4 is 0 Å². The maximum atomic E-state index is 11.8. The molecule has 0 aromatic rings. The lowest BCUT2D eigenvalue weighted by molar-refractivity contribution is -0.175. The van der Waals surface area contributed by atoms with Gasteiger partial charge in [0.05, 0.1) is 11.5 Å². The molecule has 0 spiro atoms. The summed E-state index contributed by atoms with van der Waals surface area (Å²) in [5.41, 5.74) is -0.566. The molecule has 0 amide bonds. The van der Waals surface area contributed by atoms with Crippen LogP contribution in [0, 0.1) is 16.7 Å². The fraction of sp³-hybridized carbons (Fsp3) is 0.900. The van der Waals surface area contributed by atoms with Crippen molar-refractivity contribution in [3.8, 4) is 6.07 Å². The van der Waals surface area contributed by atoms with Crippen LogP contribution in [0.3, 0.4) is 0 Å². The van der Waals surface area contributed by atoms with Gasteiger partial charge in [-0.15, -0.1) is 0 Å². The molecule has 1 aliphatic heterocycles. The molecule has 1 saturated heterocycles. The van der Waals surface area contributed by atoms with Crippen molar-refractivity contribution in [1.82, 2.24) is 0 Å². The highest BCUT2D eigenvalue weighted by atomic mass is 19.4. The quantitative estimate of drug-likeness (QED) is 0.704. The van der Waals surface area contributed by atoms with Gasteiger partial charge in [0, 0.05) is 19.8 Å². The number of halogens is 3. The van der Waals surface area contributed by atoms with E-state index in [1.807, 2.05) is 0 Å². The van der Waals surface area contributed by atoms with Crippen molar-refractivity contribution in [3.05, 3.63) is 0 Å². The van der Waals surface area contributed by atoms with E-state index >= 15 is 0 Å². The maximum absolute atomic E-state index is 11.8. The Hall–Kier alpha value is -0.800. The van der Waals surface area contributed by atoms with Crippen molar-refractivity contribution in [2.24, 2.45) is 5.41 Å². The summed E-state index contributed by atoms with van der Waals surface area (Å²) in [4.78, 5) is 0. The number of nitriles is 1. The monoisotopic (exact) mass is 237 g/mol. The second-order valence-electron chi connectivity index (χ2n) is 3.92. The summed E-state index contributed by atoms with van der Waals surface area (Å²) in [6.07, 6.45) is -2.82. The van der Waals surface area contributed by atoms with Gasteiger partial charge in [-0.05, 0) is 19.3 Å². The second-order valence-corrected chi connectivity index (χ2v) is 3.92. The van der Waals surface area contributed by atoms with E-state index in [4.69, 9.17) is 10.00 Å². The summed E-state index contributed by atoms with van der Waals surface area (Å²) < 4.78 is 45.0. The molecular weight excluding hydrogens is 223 g/mol. The molecule has 0 aromatic heterocycles. The molecule has 0 atom stereocenters. The van der Waals surface area contributed by atoms with E-state index in [1.165, 1.54) is 0 Å². The Bertz CT molecular complexity index is 254. The highest BCUT2D eigenvalue weighted by Gasteiger charge is 2.33. The lowest BCUT2D eigenvalue weighted by Crippen LogP contribution is -2.30. The van der Waals surface area contributed by atoms with Crippen LogP contribution >= 0.6 is 0 Å². The van der Waals surface area contributed by atoms with E-state index in [1.54, 1.807) is 0 Å². The van der Waals surface area contributed by atoms with Gasteiger partial charge in [0.1, 0.15) is 6.61 Å². The summed E-state index contributed by atoms with van der Waals surface area (Å²) >= 11 is 0. The van der Waals surface area contributed by atoms with Gasteiger partial charge < -0.3 is 9.47 Å². The van der Waals surface area contributed by atoms with Crippen LogP contribution in [0.4, 0.5) is 13.2 Å². The van der Waals surface area contributed by atoms with Crippen LogP contribution in [0.5, 0.6) is 0 Å². The Morgan fingerprint density at radius 2 is 1.94 bits per heavy atom. The summed E-state index contributed by atoms with van der Waals surface area (Å²) in [5, 5.41) is 9.02. The first-order valence-corrected chi connectivity index (χ1v) is 5.11. The third-order valence-corrected chi connectivity index (χ3v) is 2.68. The summed E-state index contributed by atoms with van der Waals surface area (Å²) in [7, 11) is 0. The van der Waals surface area contributed by atoms with E-state index in [9.17, 15) is 13.2 Å². The van der Waals surface area contributed by atoms with Crippen molar-refractivity contribution in [2.45, 2.75) is 25.4 Å². The molecule has 0 radical (unpaired) electrons. The summed E-state index contributed by atoms with van der Waals surface area (Å²) in [5.74, 6) is 0. The standard InChI is InChI=1S/C10H14F3NO2/c11-10(12,13)8-16-6-3-9(7-14)1-4-15-5-2-9/h1-6,8H2. The van der Waals surface area contributed by atoms with Crippen LogP contribution in [0.25, 0.3) is 0 Å². The molecule has 3 nitrogen and oxygen atoms in total. The van der Waals surface area contributed by atoms with Gasteiger partial charge in [-0.2, -0.15) is 18.4 Å². The van der Waals surface area contributed by atoms with Gasteiger partial charge in [0.2, 0.25) is 0 Å². The largest absolute Gasteiger partial charge is 0.411 e. The third-order valence-electron chi connectivity index (χ3n) is 2.68. The molecule has 0 aromatic carbocycles. The first-order valence-electron chi connectivity index (χ1n) is 5.11. The van der Waals surface area contributed by atoms with Crippen molar-refractivity contribution in [1.29, 1.82) is 5.26 Å². The van der Waals surface area contributed by atoms with E-state index in [0.717, 1.165) is 0 Å². The summed E-state index contributed by atoms with van der Waals surface area (Å²) in [6.45, 7) is -0.294. The molecule has 0 aliphatic carbocycles. The lowest BCUT2D eigenvalue weighted by Gasteiger charge is -2.30. The Balaban J connectivity index is 2.27. The fourth-order valence-corrected chi connectivity index (χ4v) is 1.64. The van der Waals surface area contributed by atoms with Gasteiger partial charge in [-0.25, -0.2) is 0 Å². The van der Waals surface area contributed by atoms with Gasteiger partial charge in [0.25, 0.3) is 0 Å². The minimum atomic E-state index is -4.30.